The number of aromatic carboxylic acids is 1. The Hall–Kier alpha value is -1.55. The van der Waals surface area contributed by atoms with Crippen LogP contribution in [0.2, 0.25) is 0 Å². The number of hydrogen-bond donors (Lipinski definition) is 1. The molecule has 0 unspecified atom stereocenters. The molecule has 0 saturated carbocycles. The maximum atomic E-state index is 11.1. The summed E-state index contributed by atoms with van der Waals surface area (Å²) in [4.78, 5) is 13.5. The Labute approximate surface area is 108 Å². The number of hydrogen-bond acceptors (Lipinski definition) is 2. The number of allylic oxidation sites excluding steroid dienone is 1. The zero-order valence-electron chi connectivity index (χ0n) is 10.7. The maximum Gasteiger partial charge on any atom is 0.352 e. The molecule has 0 radical (unpaired) electrons. The smallest absolute Gasteiger partial charge is 0.352 e. The van der Waals surface area contributed by atoms with Crippen molar-refractivity contribution >= 4 is 5.97 Å². The van der Waals surface area contributed by atoms with E-state index in [4.69, 9.17) is 5.11 Å². The number of nitrogens with zero attached hydrogens (tertiary/aromatic N) is 2. The summed E-state index contributed by atoms with van der Waals surface area (Å²) < 4.78 is 1.91. The van der Waals surface area contributed by atoms with Crippen molar-refractivity contribution in [2.24, 2.45) is 0 Å². The minimum absolute atomic E-state index is 0.327. The van der Waals surface area contributed by atoms with Gasteiger partial charge in [0.2, 0.25) is 0 Å². The van der Waals surface area contributed by atoms with Gasteiger partial charge in [-0.2, -0.15) is 0 Å². The van der Waals surface area contributed by atoms with Crippen LogP contribution in [0.3, 0.4) is 0 Å². The van der Waals surface area contributed by atoms with Gasteiger partial charge < -0.3 is 9.67 Å². The molecule has 2 rings (SSSR count). The zero-order valence-corrected chi connectivity index (χ0v) is 10.7. The van der Waals surface area contributed by atoms with E-state index in [2.05, 4.69) is 17.1 Å². The standard InChI is InChI=1S/C14H20N2O2/c1-2-3-8-15-10-6-12(7-11-15)16-9-4-5-13(16)14(17)18/h2-5,9,12H,6-8,10-11H2,1H3,(H,17,18)/b3-2+. The van der Waals surface area contributed by atoms with Gasteiger partial charge >= 0.3 is 5.97 Å². The average molecular weight is 248 g/mol. The molecule has 0 amide bonds. The van der Waals surface area contributed by atoms with Crippen LogP contribution >= 0.6 is 0 Å². The molecule has 98 valence electrons. The molecule has 4 heteroatoms. The Bertz CT molecular complexity index is 429. The second-order valence-electron chi connectivity index (χ2n) is 4.71. The summed E-state index contributed by atoms with van der Waals surface area (Å²) in [5.74, 6) is -0.837. The van der Waals surface area contributed by atoms with E-state index in [1.54, 1.807) is 6.07 Å². The fraction of sp³-hybridized carbons (Fsp3) is 0.500. The predicted molar refractivity (Wildman–Crippen MR) is 70.9 cm³/mol. The lowest BCUT2D eigenvalue weighted by molar-refractivity contribution is 0.0678. The highest BCUT2D eigenvalue weighted by Gasteiger charge is 2.22. The molecule has 1 aromatic heterocycles. The molecule has 0 atom stereocenters. The van der Waals surface area contributed by atoms with E-state index >= 15 is 0 Å². The Balaban J connectivity index is 1.97. The number of carbonyl (C=O) groups is 1. The molecular formula is C14H20N2O2. The van der Waals surface area contributed by atoms with Crippen molar-refractivity contribution in [3.05, 3.63) is 36.2 Å². The number of piperidine rings is 1. The van der Waals surface area contributed by atoms with E-state index in [1.807, 2.05) is 23.8 Å². The van der Waals surface area contributed by atoms with E-state index < -0.39 is 5.97 Å². The Kier molecular flexibility index (Phi) is 4.20. The summed E-state index contributed by atoms with van der Waals surface area (Å²) >= 11 is 0. The van der Waals surface area contributed by atoms with Crippen LogP contribution in [0, 0.1) is 0 Å². The van der Waals surface area contributed by atoms with E-state index in [9.17, 15) is 4.79 Å². The highest BCUT2D eigenvalue weighted by molar-refractivity contribution is 5.85. The van der Waals surface area contributed by atoms with Gasteiger partial charge in [0.15, 0.2) is 0 Å². The molecule has 1 N–H and O–H groups in total. The van der Waals surface area contributed by atoms with Crippen LogP contribution in [0.25, 0.3) is 0 Å². The third kappa shape index (κ3) is 2.82. The molecule has 1 saturated heterocycles. The minimum atomic E-state index is -0.837. The molecule has 0 spiro atoms. The van der Waals surface area contributed by atoms with Crippen LogP contribution in [0.5, 0.6) is 0 Å². The lowest BCUT2D eigenvalue weighted by Crippen LogP contribution is -2.35. The highest BCUT2D eigenvalue weighted by Crippen LogP contribution is 2.24. The van der Waals surface area contributed by atoms with Gasteiger partial charge in [0, 0.05) is 31.9 Å². The van der Waals surface area contributed by atoms with E-state index in [-0.39, 0.29) is 0 Å². The predicted octanol–water partition coefficient (Wildman–Crippen LogP) is 2.40. The van der Waals surface area contributed by atoms with Crippen LogP contribution in [-0.4, -0.2) is 40.2 Å². The van der Waals surface area contributed by atoms with Gasteiger partial charge in [-0.3, -0.25) is 4.90 Å². The third-order valence-corrected chi connectivity index (χ3v) is 3.55. The van der Waals surface area contributed by atoms with Gasteiger partial charge in [-0.1, -0.05) is 12.2 Å². The first kappa shape index (κ1) is 12.9. The molecule has 1 fully saturated rings. The summed E-state index contributed by atoms with van der Waals surface area (Å²) in [5, 5.41) is 9.11. The van der Waals surface area contributed by atoms with Crippen LogP contribution in [-0.2, 0) is 0 Å². The van der Waals surface area contributed by atoms with Crippen LogP contribution in [0.15, 0.2) is 30.5 Å². The topological polar surface area (TPSA) is 45.5 Å². The molecule has 1 aliphatic rings. The van der Waals surface area contributed by atoms with Crippen LogP contribution in [0.4, 0.5) is 0 Å². The molecule has 4 nitrogen and oxygen atoms in total. The normalized spacial score (nSPS) is 18.5. The van der Waals surface area contributed by atoms with Gasteiger partial charge in [-0.15, -0.1) is 0 Å². The van der Waals surface area contributed by atoms with E-state index in [0.717, 1.165) is 32.5 Å². The first-order chi connectivity index (χ1) is 8.72. The summed E-state index contributed by atoms with van der Waals surface area (Å²) in [6.45, 7) is 5.10. The molecule has 0 bridgehead atoms. The third-order valence-electron chi connectivity index (χ3n) is 3.55. The number of aromatic nitrogens is 1. The summed E-state index contributed by atoms with van der Waals surface area (Å²) in [7, 11) is 0. The average Bonchev–Trinajstić information content (AvgIpc) is 2.86. The number of likely N-dealkylation sites (tertiary alicyclic amines) is 1. The van der Waals surface area contributed by atoms with Crippen molar-refractivity contribution in [2.45, 2.75) is 25.8 Å². The molecule has 0 aliphatic carbocycles. The van der Waals surface area contributed by atoms with Crippen LogP contribution in [0.1, 0.15) is 36.3 Å². The van der Waals surface area contributed by atoms with Crippen molar-refractivity contribution in [3.63, 3.8) is 0 Å². The van der Waals surface area contributed by atoms with Gasteiger partial charge in [0.25, 0.3) is 0 Å². The first-order valence-electron chi connectivity index (χ1n) is 6.46. The number of rotatable bonds is 4. The van der Waals surface area contributed by atoms with Crippen molar-refractivity contribution < 1.29 is 9.90 Å². The molecule has 1 aliphatic heterocycles. The molecule has 0 aromatic carbocycles. The Morgan fingerprint density at radius 3 is 2.83 bits per heavy atom. The Morgan fingerprint density at radius 1 is 1.50 bits per heavy atom. The van der Waals surface area contributed by atoms with Crippen molar-refractivity contribution in [1.29, 1.82) is 0 Å². The highest BCUT2D eigenvalue weighted by atomic mass is 16.4. The quantitative estimate of drug-likeness (QED) is 0.832. The SMILES string of the molecule is C/C=C/CN1CCC(n2cccc2C(=O)O)CC1. The largest absolute Gasteiger partial charge is 0.477 e. The lowest BCUT2D eigenvalue weighted by atomic mass is 10.0. The molecular weight excluding hydrogens is 228 g/mol. The molecule has 18 heavy (non-hydrogen) atoms. The van der Waals surface area contributed by atoms with Gasteiger partial charge in [-0.05, 0) is 31.9 Å². The molecule has 2 heterocycles. The van der Waals surface area contributed by atoms with Gasteiger partial charge in [-0.25, -0.2) is 4.79 Å². The fourth-order valence-corrected chi connectivity index (χ4v) is 2.53. The number of carboxylic acids is 1. The van der Waals surface area contributed by atoms with E-state index in [1.165, 1.54) is 0 Å². The monoisotopic (exact) mass is 248 g/mol. The summed E-state index contributed by atoms with van der Waals surface area (Å²) in [5.41, 5.74) is 0.405. The first-order valence-corrected chi connectivity index (χ1v) is 6.46. The fourth-order valence-electron chi connectivity index (χ4n) is 2.53. The zero-order chi connectivity index (χ0) is 13.0. The molecule has 1 aromatic rings. The lowest BCUT2D eigenvalue weighted by Gasteiger charge is -2.32. The van der Waals surface area contributed by atoms with Crippen molar-refractivity contribution in [2.75, 3.05) is 19.6 Å². The summed E-state index contributed by atoms with van der Waals surface area (Å²) in [6, 6.07) is 3.82. The van der Waals surface area contributed by atoms with Crippen molar-refractivity contribution in [1.82, 2.24) is 9.47 Å². The maximum absolute atomic E-state index is 11.1. The van der Waals surface area contributed by atoms with E-state index in [0.29, 0.717) is 11.7 Å². The number of carboxylic acid groups (broad SMARTS) is 1. The summed E-state index contributed by atoms with van der Waals surface area (Å²) in [6.07, 6.45) is 8.16. The van der Waals surface area contributed by atoms with Gasteiger partial charge in [0.1, 0.15) is 5.69 Å². The van der Waals surface area contributed by atoms with Crippen LogP contribution < -0.4 is 0 Å². The second kappa shape index (κ2) is 5.87. The van der Waals surface area contributed by atoms with Crippen molar-refractivity contribution in [3.8, 4) is 0 Å². The van der Waals surface area contributed by atoms with Gasteiger partial charge in [0.05, 0.1) is 0 Å². The second-order valence-corrected chi connectivity index (χ2v) is 4.71. The minimum Gasteiger partial charge on any atom is -0.477 e. The Morgan fingerprint density at radius 2 is 2.22 bits per heavy atom.